The van der Waals surface area contributed by atoms with Crippen LogP contribution in [0.3, 0.4) is 0 Å². The van der Waals surface area contributed by atoms with E-state index in [0.717, 1.165) is 27.9 Å². The van der Waals surface area contributed by atoms with E-state index < -0.39 is 0 Å². The molecule has 1 atom stereocenters. The molecule has 92 valence electrons. The number of likely N-dealkylation sites (N-methyl/N-ethyl adjacent to an activating group) is 1. The number of nitrogens with two attached hydrogens (primary N) is 1. The van der Waals surface area contributed by atoms with E-state index in [9.17, 15) is 4.79 Å². The standard InChI is InChI=1S/C12H16IN3O/c1-16-7-9(3-5-12(16)17)15-11-4-2-8(14)6-10(11)13/h2,4,6,9,15H,3,5,7,14H2,1H3. The van der Waals surface area contributed by atoms with Gasteiger partial charge in [0.1, 0.15) is 0 Å². The van der Waals surface area contributed by atoms with Gasteiger partial charge in [0.05, 0.1) is 0 Å². The molecule has 0 bridgehead atoms. The summed E-state index contributed by atoms with van der Waals surface area (Å²) in [5, 5.41) is 3.47. The van der Waals surface area contributed by atoms with Crippen LogP contribution in [0.2, 0.25) is 0 Å². The lowest BCUT2D eigenvalue weighted by Gasteiger charge is -2.31. The number of rotatable bonds is 2. The highest BCUT2D eigenvalue weighted by molar-refractivity contribution is 14.1. The van der Waals surface area contributed by atoms with Gasteiger partial charge in [-0.25, -0.2) is 0 Å². The van der Waals surface area contributed by atoms with Crippen LogP contribution in [0.4, 0.5) is 11.4 Å². The predicted molar refractivity (Wildman–Crippen MR) is 77.9 cm³/mol. The van der Waals surface area contributed by atoms with Crippen molar-refractivity contribution in [2.75, 3.05) is 24.6 Å². The zero-order valence-electron chi connectivity index (χ0n) is 9.74. The van der Waals surface area contributed by atoms with Crippen molar-refractivity contribution in [3.05, 3.63) is 21.8 Å². The summed E-state index contributed by atoms with van der Waals surface area (Å²) in [5.41, 5.74) is 7.58. The van der Waals surface area contributed by atoms with Gasteiger partial charge in [-0.1, -0.05) is 0 Å². The van der Waals surface area contributed by atoms with Crippen molar-refractivity contribution >= 4 is 39.9 Å². The van der Waals surface area contributed by atoms with Gasteiger partial charge in [0.25, 0.3) is 0 Å². The summed E-state index contributed by atoms with van der Waals surface area (Å²) in [4.78, 5) is 13.2. The number of nitrogens with zero attached hydrogens (tertiary/aromatic N) is 1. The Morgan fingerprint density at radius 2 is 2.29 bits per heavy atom. The fraction of sp³-hybridized carbons (Fsp3) is 0.417. The summed E-state index contributed by atoms with van der Waals surface area (Å²) in [5.74, 6) is 0.232. The fourth-order valence-electron chi connectivity index (χ4n) is 2.00. The third-order valence-corrected chi connectivity index (χ3v) is 3.87. The minimum atomic E-state index is 0.232. The molecule has 0 spiro atoms. The zero-order valence-corrected chi connectivity index (χ0v) is 11.9. The van der Waals surface area contributed by atoms with E-state index in [1.807, 2.05) is 25.2 Å². The number of carbonyl (C=O) groups excluding carboxylic acids is 1. The van der Waals surface area contributed by atoms with Gasteiger partial charge in [0.15, 0.2) is 0 Å². The summed E-state index contributed by atoms with van der Waals surface area (Å²) in [7, 11) is 1.85. The predicted octanol–water partition coefficient (Wildman–Crippen LogP) is 1.91. The van der Waals surface area contributed by atoms with E-state index in [4.69, 9.17) is 5.73 Å². The van der Waals surface area contributed by atoms with Gasteiger partial charge in [0.2, 0.25) is 5.91 Å². The van der Waals surface area contributed by atoms with Gasteiger partial charge in [-0.15, -0.1) is 0 Å². The molecule has 5 heteroatoms. The molecule has 1 heterocycles. The Labute approximate surface area is 115 Å². The highest BCUT2D eigenvalue weighted by Crippen LogP contribution is 2.23. The van der Waals surface area contributed by atoms with Crippen molar-refractivity contribution in [1.29, 1.82) is 0 Å². The van der Waals surface area contributed by atoms with Crippen LogP contribution in [0.1, 0.15) is 12.8 Å². The number of amides is 1. The molecule has 1 aromatic rings. The van der Waals surface area contributed by atoms with Gasteiger partial charge >= 0.3 is 0 Å². The van der Waals surface area contributed by atoms with Gasteiger partial charge in [-0.3, -0.25) is 4.79 Å². The second-order valence-corrected chi connectivity index (χ2v) is 5.56. The smallest absolute Gasteiger partial charge is 0.222 e. The molecule has 0 aliphatic carbocycles. The lowest BCUT2D eigenvalue weighted by Crippen LogP contribution is -2.43. The molecule has 1 saturated heterocycles. The SMILES string of the molecule is CN1CC(Nc2ccc(N)cc2I)CCC1=O. The molecule has 0 saturated carbocycles. The molecule has 1 aliphatic heterocycles. The monoisotopic (exact) mass is 345 g/mol. The van der Waals surface area contributed by atoms with Crippen molar-refractivity contribution in [2.45, 2.75) is 18.9 Å². The van der Waals surface area contributed by atoms with Crippen LogP contribution in [0.5, 0.6) is 0 Å². The van der Waals surface area contributed by atoms with Crippen LogP contribution >= 0.6 is 22.6 Å². The molecule has 2 rings (SSSR count). The second kappa shape index (κ2) is 5.12. The molecule has 17 heavy (non-hydrogen) atoms. The maximum absolute atomic E-state index is 11.4. The summed E-state index contributed by atoms with van der Waals surface area (Å²) in [6.07, 6.45) is 1.52. The van der Waals surface area contributed by atoms with Crippen molar-refractivity contribution in [3.8, 4) is 0 Å². The molecule has 1 aliphatic rings. The first-order chi connectivity index (χ1) is 8.06. The van der Waals surface area contributed by atoms with Crippen molar-refractivity contribution in [1.82, 2.24) is 4.90 Å². The third-order valence-electron chi connectivity index (χ3n) is 2.98. The summed E-state index contributed by atoms with van der Waals surface area (Å²) in [6.45, 7) is 0.763. The number of nitrogen functional groups attached to an aromatic ring is 1. The van der Waals surface area contributed by atoms with E-state index in [-0.39, 0.29) is 5.91 Å². The number of benzene rings is 1. The quantitative estimate of drug-likeness (QED) is 0.636. The minimum absolute atomic E-state index is 0.232. The highest BCUT2D eigenvalue weighted by Gasteiger charge is 2.22. The Morgan fingerprint density at radius 1 is 1.53 bits per heavy atom. The summed E-state index contributed by atoms with van der Waals surface area (Å²) in [6, 6.07) is 6.16. The number of piperidine rings is 1. The lowest BCUT2D eigenvalue weighted by atomic mass is 10.1. The Morgan fingerprint density at radius 3 is 2.94 bits per heavy atom. The molecule has 0 radical (unpaired) electrons. The van der Waals surface area contributed by atoms with Gasteiger partial charge < -0.3 is 16.0 Å². The van der Waals surface area contributed by atoms with Gasteiger partial charge in [0, 0.05) is 41.0 Å². The largest absolute Gasteiger partial charge is 0.399 e. The summed E-state index contributed by atoms with van der Waals surface area (Å²) < 4.78 is 1.11. The average molecular weight is 345 g/mol. The molecular formula is C12H16IN3O. The van der Waals surface area contributed by atoms with E-state index >= 15 is 0 Å². The first-order valence-electron chi connectivity index (χ1n) is 5.62. The Hall–Kier alpha value is -0.980. The number of halogens is 1. The van der Waals surface area contributed by atoms with E-state index in [1.54, 1.807) is 4.90 Å². The normalized spacial score (nSPS) is 20.5. The number of nitrogens with one attached hydrogen (secondary N) is 1. The van der Waals surface area contributed by atoms with Crippen LogP contribution in [0.25, 0.3) is 0 Å². The molecule has 3 N–H and O–H groups in total. The zero-order chi connectivity index (χ0) is 12.4. The van der Waals surface area contributed by atoms with E-state index in [1.165, 1.54) is 0 Å². The van der Waals surface area contributed by atoms with Crippen LogP contribution < -0.4 is 11.1 Å². The first kappa shape index (κ1) is 12.5. The maximum atomic E-state index is 11.4. The maximum Gasteiger partial charge on any atom is 0.222 e. The number of likely N-dealkylation sites (tertiary alicyclic amines) is 1. The molecule has 1 amide bonds. The number of hydrogen-bond donors (Lipinski definition) is 2. The molecule has 0 aromatic heterocycles. The third kappa shape index (κ3) is 3.02. The number of carbonyl (C=O) groups is 1. The highest BCUT2D eigenvalue weighted by atomic mass is 127. The first-order valence-corrected chi connectivity index (χ1v) is 6.69. The summed E-state index contributed by atoms with van der Waals surface area (Å²) >= 11 is 2.27. The van der Waals surface area contributed by atoms with Crippen LogP contribution in [-0.4, -0.2) is 30.4 Å². The minimum Gasteiger partial charge on any atom is -0.399 e. The average Bonchev–Trinajstić information content (AvgIpc) is 2.27. The van der Waals surface area contributed by atoms with Crippen LogP contribution in [0, 0.1) is 3.57 Å². The van der Waals surface area contributed by atoms with Crippen LogP contribution in [-0.2, 0) is 4.79 Å². The lowest BCUT2D eigenvalue weighted by molar-refractivity contribution is -0.132. The van der Waals surface area contributed by atoms with Crippen molar-refractivity contribution in [3.63, 3.8) is 0 Å². The molecule has 1 aromatic carbocycles. The fourth-order valence-corrected chi connectivity index (χ4v) is 2.69. The second-order valence-electron chi connectivity index (χ2n) is 4.39. The Balaban J connectivity index is 2.03. The Kier molecular flexibility index (Phi) is 3.76. The van der Waals surface area contributed by atoms with E-state index in [2.05, 4.69) is 27.9 Å². The van der Waals surface area contributed by atoms with Crippen molar-refractivity contribution < 1.29 is 4.79 Å². The van der Waals surface area contributed by atoms with Crippen LogP contribution in [0.15, 0.2) is 18.2 Å². The van der Waals surface area contributed by atoms with Gasteiger partial charge in [-0.2, -0.15) is 0 Å². The molecule has 4 nitrogen and oxygen atoms in total. The number of hydrogen-bond acceptors (Lipinski definition) is 3. The Bertz CT molecular complexity index is 436. The van der Waals surface area contributed by atoms with E-state index in [0.29, 0.717) is 12.5 Å². The van der Waals surface area contributed by atoms with Crippen molar-refractivity contribution in [2.24, 2.45) is 0 Å². The number of anilines is 2. The molecular weight excluding hydrogens is 329 g/mol. The molecule has 1 fully saturated rings. The van der Waals surface area contributed by atoms with Gasteiger partial charge in [-0.05, 0) is 47.2 Å². The molecule has 1 unspecified atom stereocenters. The topological polar surface area (TPSA) is 58.4 Å².